The van der Waals surface area contributed by atoms with Gasteiger partial charge >= 0.3 is 0 Å². The molecular formula is C14H21BrN2. The average Bonchev–Trinajstić information content (AvgIpc) is 2.77. The Morgan fingerprint density at radius 1 is 1.53 bits per heavy atom. The van der Waals surface area contributed by atoms with Gasteiger partial charge in [-0.1, -0.05) is 12.1 Å². The van der Waals surface area contributed by atoms with Crippen LogP contribution in [0, 0.1) is 6.92 Å². The van der Waals surface area contributed by atoms with Gasteiger partial charge in [0.05, 0.1) is 0 Å². The smallest absolute Gasteiger partial charge is 0.0489 e. The first-order valence-electron chi connectivity index (χ1n) is 6.42. The molecule has 2 N–H and O–H groups in total. The maximum Gasteiger partial charge on any atom is 0.0489 e. The van der Waals surface area contributed by atoms with Crippen LogP contribution in [0.1, 0.15) is 31.7 Å². The Kier molecular flexibility index (Phi) is 4.46. The lowest BCUT2D eigenvalue weighted by atomic mass is 10.1. The molecule has 2 unspecified atom stereocenters. The summed E-state index contributed by atoms with van der Waals surface area (Å²) in [4.78, 5) is 0. The van der Waals surface area contributed by atoms with Gasteiger partial charge in [0, 0.05) is 22.2 Å². The molecule has 17 heavy (non-hydrogen) atoms. The highest BCUT2D eigenvalue weighted by Gasteiger charge is 2.17. The lowest BCUT2D eigenvalue weighted by Gasteiger charge is -2.20. The summed E-state index contributed by atoms with van der Waals surface area (Å²) in [6.07, 6.45) is 3.84. The van der Waals surface area contributed by atoms with Crippen molar-refractivity contribution >= 4 is 21.6 Å². The van der Waals surface area contributed by atoms with Gasteiger partial charge in [-0.2, -0.15) is 0 Å². The number of nitrogens with one attached hydrogen (secondary N) is 2. The monoisotopic (exact) mass is 296 g/mol. The minimum atomic E-state index is 0.503. The average molecular weight is 297 g/mol. The maximum absolute atomic E-state index is 3.64. The summed E-state index contributed by atoms with van der Waals surface area (Å²) in [6, 6.07) is 7.56. The molecule has 0 radical (unpaired) electrons. The van der Waals surface area contributed by atoms with Gasteiger partial charge in [0.15, 0.2) is 0 Å². The largest absolute Gasteiger partial charge is 0.382 e. The van der Waals surface area contributed by atoms with Crippen LogP contribution in [0.4, 0.5) is 5.69 Å². The van der Waals surface area contributed by atoms with E-state index in [0.29, 0.717) is 12.1 Å². The second-order valence-corrected chi connectivity index (χ2v) is 5.80. The zero-order chi connectivity index (χ0) is 12.3. The number of rotatable bonds is 4. The van der Waals surface area contributed by atoms with E-state index in [0.717, 1.165) is 0 Å². The Labute approximate surface area is 112 Å². The molecule has 0 amide bonds. The number of aryl methyl sites for hydroxylation is 1. The molecule has 0 saturated carbocycles. The third-order valence-corrected chi connectivity index (χ3v) is 4.45. The van der Waals surface area contributed by atoms with E-state index in [1.165, 1.54) is 41.5 Å². The standard InChI is InChI=1S/C14H21BrN2/c1-10-5-3-7-13(14(10)15)17-11(2)9-12-6-4-8-16-12/h3,5,7,11-12,16-17H,4,6,8-9H2,1-2H3. The van der Waals surface area contributed by atoms with Crippen molar-refractivity contribution < 1.29 is 0 Å². The minimum Gasteiger partial charge on any atom is -0.382 e. The van der Waals surface area contributed by atoms with Crippen LogP contribution in [0.2, 0.25) is 0 Å². The van der Waals surface area contributed by atoms with E-state index in [1.807, 2.05) is 0 Å². The van der Waals surface area contributed by atoms with Gasteiger partial charge in [-0.05, 0) is 67.2 Å². The SMILES string of the molecule is Cc1cccc(NC(C)CC2CCCN2)c1Br. The Bertz CT molecular complexity index is 372. The number of benzene rings is 1. The van der Waals surface area contributed by atoms with Crippen LogP contribution in [0.25, 0.3) is 0 Å². The predicted octanol–water partition coefficient (Wildman–Crippen LogP) is 3.70. The Morgan fingerprint density at radius 2 is 2.35 bits per heavy atom. The molecule has 0 bridgehead atoms. The fourth-order valence-electron chi connectivity index (χ4n) is 2.47. The summed E-state index contributed by atoms with van der Waals surface area (Å²) in [6.45, 7) is 5.57. The van der Waals surface area contributed by atoms with E-state index >= 15 is 0 Å². The molecule has 1 fully saturated rings. The fourth-order valence-corrected chi connectivity index (χ4v) is 2.85. The van der Waals surface area contributed by atoms with Crippen molar-refractivity contribution in [3.63, 3.8) is 0 Å². The highest BCUT2D eigenvalue weighted by Crippen LogP contribution is 2.27. The topological polar surface area (TPSA) is 24.1 Å². The first kappa shape index (κ1) is 12.9. The minimum absolute atomic E-state index is 0.503. The second kappa shape index (κ2) is 5.87. The van der Waals surface area contributed by atoms with Gasteiger partial charge in [0.1, 0.15) is 0 Å². The molecule has 1 aliphatic rings. The summed E-state index contributed by atoms with van der Waals surface area (Å²) in [5.74, 6) is 0. The Morgan fingerprint density at radius 3 is 3.06 bits per heavy atom. The summed E-state index contributed by atoms with van der Waals surface area (Å²) in [7, 11) is 0. The van der Waals surface area contributed by atoms with E-state index in [-0.39, 0.29) is 0 Å². The van der Waals surface area contributed by atoms with Crippen LogP contribution in [-0.2, 0) is 0 Å². The molecule has 3 heteroatoms. The first-order chi connectivity index (χ1) is 8.16. The maximum atomic E-state index is 3.64. The van der Waals surface area contributed by atoms with Crippen molar-refractivity contribution in [1.29, 1.82) is 0 Å². The number of hydrogen-bond donors (Lipinski definition) is 2. The van der Waals surface area contributed by atoms with E-state index in [4.69, 9.17) is 0 Å². The van der Waals surface area contributed by atoms with Gasteiger partial charge in [-0.25, -0.2) is 0 Å². The van der Waals surface area contributed by atoms with E-state index in [2.05, 4.69) is 58.6 Å². The van der Waals surface area contributed by atoms with E-state index < -0.39 is 0 Å². The Balaban J connectivity index is 1.93. The molecule has 2 nitrogen and oxygen atoms in total. The lowest BCUT2D eigenvalue weighted by molar-refractivity contribution is 0.523. The van der Waals surface area contributed by atoms with Gasteiger partial charge in [-0.3, -0.25) is 0 Å². The second-order valence-electron chi connectivity index (χ2n) is 5.01. The third kappa shape index (κ3) is 3.46. The molecule has 1 heterocycles. The van der Waals surface area contributed by atoms with Crippen LogP contribution in [-0.4, -0.2) is 18.6 Å². The van der Waals surface area contributed by atoms with Gasteiger partial charge < -0.3 is 10.6 Å². The number of hydrogen-bond acceptors (Lipinski definition) is 2. The van der Waals surface area contributed by atoms with E-state index in [1.54, 1.807) is 0 Å². The molecule has 1 aliphatic heterocycles. The summed E-state index contributed by atoms with van der Waals surface area (Å²) in [5.41, 5.74) is 2.48. The Hall–Kier alpha value is -0.540. The van der Waals surface area contributed by atoms with Crippen LogP contribution in [0.3, 0.4) is 0 Å². The number of anilines is 1. The molecule has 0 aliphatic carbocycles. The van der Waals surface area contributed by atoms with Crippen LogP contribution >= 0.6 is 15.9 Å². The van der Waals surface area contributed by atoms with Crippen molar-refractivity contribution in [1.82, 2.24) is 5.32 Å². The van der Waals surface area contributed by atoms with Crippen molar-refractivity contribution in [2.45, 2.75) is 45.2 Å². The quantitative estimate of drug-likeness (QED) is 0.885. The van der Waals surface area contributed by atoms with Gasteiger partial charge in [0.25, 0.3) is 0 Å². The van der Waals surface area contributed by atoms with Crippen LogP contribution in [0.5, 0.6) is 0 Å². The van der Waals surface area contributed by atoms with Crippen LogP contribution < -0.4 is 10.6 Å². The van der Waals surface area contributed by atoms with Crippen molar-refractivity contribution in [2.24, 2.45) is 0 Å². The molecule has 0 spiro atoms. The highest BCUT2D eigenvalue weighted by molar-refractivity contribution is 9.10. The molecule has 2 rings (SSSR count). The molecule has 1 aromatic carbocycles. The van der Waals surface area contributed by atoms with Crippen molar-refractivity contribution in [3.8, 4) is 0 Å². The van der Waals surface area contributed by atoms with Crippen molar-refractivity contribution in [3.05, 3.63) is 28.2 Å². The van der Waals surface area contributed by atoms with Gasteiger partial charge in [0.2, 0.25) is 0 Å². The van der Waals surface area contributed by atoms with E-state index in [9.17, 15) is 0 Å². The molecule has 94 valence electrons. The molecular weight excluding hydrogens is 276 g/mol. The zero-order valence-corrected chi connectivity index (χ0v) is 12.2. The molecule has 2 atom stereocenters. The molecule has 1 saturated heterocycles. The zero-order valence-electron chi connectivity index (χ0n) is 10.6. The van der Waals surface area contributed by atoms with Gasteiger partial charge in [-0.15, -0.1) is 0 Å². The fraction of sp³-hybridized carbons (Fsp3) is 0.571. The highest BCUT2D eigenvalue weighted by atomic mass is 79.9. The lowest BCUT2D eigenvalue weighted by Crippen LogP contribution is -2.29. The summed E-state index contributed by atoms with van der Waals surface area (Å²) in [5, 5.41) is 7.14. The third-order valence-electron chi connectivity index (χ3n) is 3.39. The molecule has 0 aromatic heterocycles. The molecule has 1 aromatic rings. The first-order valence-corrected chi connectivity index (χ1v) is 7.21. The summed E-state index contributed by atoms with van der Waals surface area (Å²) < 4.78 is 1.19. The number of halogens is 1. The van der Waals surface area contributed by atoms with Crippen molar-refractivity contribution in [2.75, 3.05) is 11.9 Å². The predicted molar refractivity (Wildman–Crippen MR) is 77.6 cm³/mol. The normalized spacial score (nSPS) is 21.5. The summed E-state index contributed by atoms with van der Waals surface area (Å²) >= 11 is 3.64. The van der Waals surface area contributed by atoms with Crippen LogP contribution in [0.15, 0.2) is 22.7 Å².